The van der Waals surface area contributed by atoms with E-state index in [-0.39, 0.29) is 24.4 Å². The van der Waals surface area contributed by atoms with Gasteiger partial charge >= 0.3 is 0 Å². The van der Waals surface area contributed by atoms with Gasteiger partial charge in [-0.15, -0.1) is 23.5 Å². The van der Waals surface area contributed by atoms with Gasteiger partial charge in [-0.2, -0.15) is 0 Å². The van der Waals surface area contributed by atoms with Crippen LogP contribution in [0.5, 0.6) is 0 Å². The Morgan fingerprint density at radius 3 is 2.64 bits per heavy atom. The second kappa shape index (κ2) is 7.20. The fraction of sp³-hybridized carbons (Fsp3) is 0.294. The Balaban J connectivity index is 1.65. The van der Waals surface area contributed by atoms with Crippen molar-refractivity contribution in [3.8, 4) is 0 Å². The minimum absolute atomic E-state index is 0.0504. The van der Waals surface area contributed by atoms with Crippen LogP contribution in [0.3, 0.4) is 0 Å². The molecule has 5 heteroatoms. The Hall–Kier alpha value is -1.46. The molecule has 0 aromatic carbocycles. The van der Waals surface area contributed by atoms with Gasteiger partial charge in [0.15, 0.2) is 17.3 Å². The number of hydrogen-bond acceptors (Lipinski definition) is 5. The SMILES string of the molecule is O=C(CCC(=O)c1ccco1)C1=CC2=C(C=CC1)SCCS2. The summed E-state index contributed by atoms with van der Waals surface area (Å²) in [6, 6.07) is 3.31. The van der Waals surface area contributed by atoms with Crippen LogP contribution < -0.4 is 0 Å². The van der Waals surface area contributed by atoms with Gasteiger partial charge in [0.25, 0.3) is 0 Å². The summed E-state index contributed by atoms with van der Waals surface area (Å²) in [4.78, 5) is 26.7. The van der Waals surface area contributed by atoms with Crippen molar-refractivity contribution in [2.45, 2.75) is 19.3 Å². The van der Waals surface area contributed by atoms with Gasteiger partial charge in [0.2, 0.25) is 0 Å². The Bertz CT molecular complexity index is 666. The first-order chi connectivity index (χ1) is 10.7. The van der Waals surface area contributed by atoms with E-state index in [4.69, 9.17) is 4.42 Å². The normalized spacial score (nSPS) is 17.7. The zero-order chi connectivity index (χ0) is 15.4. The first-order valence-electron chi connectivity index (χ1n) is 7.21. The number of ketones is 2. The van der Waals surface area contributed by atoms with Crippen LogP contribution in [-0.2, 0) is 4.79 Å². The molecule has 0 radical (unpaired) electrons. The zero-order valence-corrected chi connectivity index (χ0v) is 13.7. The third kappa shape index (κ3) is 3.65. The highest BCUT2D eigenvalue weighted by molar-refractivity contribution is 8.10. The number of carbonyl (C=O) groups excluding carboxylic acids is 2. The lowest BCUT2D eigenvalue weighted by molar-refractivity contribution is -0.115. The number of thioether (sulfide) groups is 2. The second-order valence-electron chi connectivity index (χ2n) is 5.03. The van der Waals surface area contributed by atoms with E-state index in [0.717, 1.165) is 17.1 Å². The average Bonchev–Trinajstić information content (AvgIpc) is 2.98. The van der Waals surface area contributed by atoms with Gasteiger partial charge in [0, 0.05) is 39.7 Å². The molecule has 1 aliphatic carbocycles. The van der Waals surface area contributed by atoms with E-state index in [1.807, 2.05) is 23.9 Å². The summed E-state index contributed by atoms with van der Waals surface area (Å²) in [6.45, 7) is 0. The smallest absolute Gasteiger partial charge is 0.198 e. The van der Waals surface area contributed by atoms with Crippen molar-refractivity contribution >= 4 is 35.1 Å². The molecule has 0 bridgehead atoms. The summed E-state index contributed by atoms with van der Waals surface area (Å²) in [6.07, 6.45) is 8.70. The van der Waals surface area contributed by atoms with Crippen LogP contribution in [0.15, 0.2) is 56.4 Å². The van der Waals surface area contributed by atoms with E-state index in [1.54, 1.807) is 23.9 Å². The van der Waals surface area contributed by atoms with Crippen molar-refractivity contribution in [2.24, 2.45) is 0 Å². The summed E-state index contributed by atoms with van der Waals surface area (Å²) in [5, 5.41) is 0. The number of carbonyl (C=O) groups is 2. The summed E-state index contributed by atoms with van der Waals surface area (Å²) >= 11 is 3.64. The van der Waals surface area contributed by atoms with Gasteiger partial charge in [-0.3, -0.25) is 9.59 Å². The fourth-order valence-corrected chi connectivity index (χ4v) is 4.63. The molecule has 1 aromatic heterocycles. The number of Topliss-reactive ketones (excluding diaryl/α,β-unsaturated/α-hetero) is 2. The van der Waals surface area contributed by atoms with Gasteiger partial charge in [-0.1, -0.05) is 12.2 Å². The zero-order valence-electron chi connectivity index (χ0n) is 12.0. The molecule has 0 fully saturated rings. The highest BCUT2D eigenvalue weighted by Gasteiger charge is 2.18. The molecule has 0 amide bonds. The lowest BCUT2D eigenvalue weighted by Crippen LogP contribution is -2.07. The maximum atomic E-state index is 12.4. The molecule has 2 aliphatic rings. The molecule has 3 nitrogen and oxygen atoms in total. The van der Waals surface area contributed by atoms with E-state index in [9.17, 15) is 9.59 Å². The topological polar surface area (TPSA) is 47.3 Å². The van der Waals surface area contributed by atoms with Crippen molar-refractivity contribution in [3.63, 3.8) is 0 Å². The molecule has 2 heterocycles. The lowest BCUT2D eigenvalue weighted by Gasteiger charge is -2.13. The largest absolute Gasteiger partial charge is 0.461 e. The van der Waals surface area contributed by atoms with E-state index >= 15 is 0 Å². The van der Waals surface area contributed by atoms with Gasteiger partial charge < -0.3 is 4.42 Å². The molecule has 0 atom stereocenters. The highest BCUT2D eigenvalue weighted by atomic mass is 32.2. The molecule has 0 saturated heterocycles. The van der Waals surface area contributed by atoms with Crippen molar-refractivity contribution < 1.29 is 14.0 Å². The maximum Gasteiger partial charge on any atom is 0.198 e. The van der Waals surface area contributed by atoms with Crippen molar-refractivity contribution in [2.75, 3.05) is 11.5 Å². The van der Waals surface area contributed by atoms with Crippen molar-refractivity contribution in [1.29, 1.82) is 0 Å². The summed E-state index contributed by atoms with van der Waals surface area (Å²) in [5.74, 6) is 2.45. The molecular formula is C17H16O3S2. The summed E-state index contributed by atoms with van der Waals surface area (Å²) in [7, 11) is 0. The van der Waals surface area contributed by atoms with Gasteiger partial charge in [-0.05, 0) is 24.6 Å². The Morgan fingerprint density at radius 2 is 1.86 bits per heavy atom. The Kier molecular flexibility index (Phi) is 5.05. The fourth-order valence-electron chi connectivity index (χ4n) is 2.34. The van der Waals surface area contributed by atoms with Crippen LogP contribution in [0, 0.1) is 0 Å². The molecule has 3 rings (SSSR count). The third-order valence-corrected chi connectivity index (χ3v) is 6.01. The standard InChI is InChI=1S/C17H16O3S2/c18-13(6-7-14(19)15-4-2-8-20-15)12-3-1-5-16-17(11-12)22-10-9-21-16/h1-2,4-5,8,11H,3,6-7,9-10H2. The minimum atomic E-state index is -0.120. The maximum absolute atomic E-state index is 12.4. The molecule has 0 unspecified atom stereocenters. The number of rotatable bonds is 5. The summed E-state index contributed by atoms with van der Waals surface area (Å²) < 4.78 is 5.06. The number of hydrogen-bond donors (Lipinski definition) is 0. The predicted molar refractivity (Wildman–Crippen MR) is 91.1 cm³/mol. The number of allylic oxidation sites excluding steroid dienone is 4. The van der Waals surface area contributed by atoms with E-state index in [1.165, 1.54) is 16.1 Å². The van der Waals surface area contributed by atoms with Gasteiger partial charge in [0.1, 0.15) is 0 Å². The van der Waals surface area contributed by atoms with Crippen molar-refractivity contribution in [3.05, 3.63) is 57.8 Å². The predicted octanol–water partition coefficient (Wildman–Crippen LogP) is 4.39. The molecule has 22 heavy (non-hydrogen) atoms. The first-order valence-corrected chi connectivity index (χ1v) is 9.18. The van der Waals surface area contributed by atoms with Crippen LogP contribution in [-0.4, -0.2) is 23.1 Å². The number of furan rings is 1. The van der Waals surface area contributed by atoms with E-state index in [2.05, 4.69) is 6.08 Å². The van der Waals surface area contributed by atoms with E-state index in [0.29, 0.717) is 12.2 Å². The van der Waals surface area contributed by atoms with Crippen LogP contribution in [0.25, 0.3) is 0 Å². The Labute approximate surface area is 137 Å². The lowest BCUT2D eigenvalue weighted by atomic mass is 10.0. The monoisotopic (exact) mass is 332 g/mol. The van der Waals surface area contributed by atoms with Gasteiger partial charge in [0.05, 0.1) is 6.26 Å². The van der Waals surface area contributed by atoms with Crippen LogP contribution in [0.4, 0.5) is 0 Å². The van der Waals surface area contributed by atoms with Crippen LogP contribution in [0.1, 0.15) is 29.8 Å². The van der Waals surface area contributed by atoms with Crippen LogP contribution >= 0.6 is 23.5 Å². The first kappa shape index (κ1) is 15.4. The average molecular weight is 332 g/mol. The second-order valence-corrected chi connectivity index (χ2v) is 7.30. The molecule has 114 valence electrons. The van der Waals surface area contributed by atoms with Crippen molar-refractivity contribution in [1.82, 2.24) is 0 Å². The molecule has 0 saturated carbocycles. The molecule has 1 aromatic rings. The Morgan fingerprint density at radius 1 is 1.09 bits per heavy atom. The van der Waals surface area contributed by atoms with Crippen LogP contribution in [0.2, 0.25) is 0 Å². The molecular weight excluding hydrogens is 316 g/mol. The molecule has 0 spiro atoms. The summed E-state index contributed by atoms with van der Waals surface area (Å²) in [5.41, 5.74) is 0.795. The quantitative estimate of drug-likeness (QED) is 0.748. The highest BCUT2D eigenvalue weighted by Crippen LogP contribution is 2.38. The molecule has 0 N–H and O–H groups in total. The third-order valence-electron chi connectivity index (χ3n) is 3.49. The van der Waals surface area contributed by atoms with E-state index < -0.39 is 0 Å². The minimum Gasteiger partial charge on any atom is -0.461 e. The van der Waals surface area contributed by atoms with Gasteiger partial charge in [-0.25, -0.2) is 0 Å². The molecule has 1 aliphatic heterocycles.